The van der Waals surface area contributed by atoms with Crippen molar-refractivity contribution < 1.29 is 9.18 Å². The third kappa shape index (κ3) is 2.19. The van der Waals surface area contributed by atoms with Gasteiger partial charge < -0.3 is 0 Å². The third-order valence-electron chi connectivity index (χ3n) is 3.77. The molecule has 2 aromatic carbocycles. The van der Waals surface area contributed by atoms with Gasteiger partial charge in [-0.1, -0.05) is 41.9 Å². The lowest BCUT2D eigenvalue weighted by Crippen LogP contribution is -2.21. The molecule has 0 unspecified atom stereocenters. The van der Waals surface area contributed by atoms with Crippen LogP contribution < -0.4 is 0 Å². The van der Waals surface area contributed by atoms with E-state index in [1.165, 1.54) is 12.1 Å². The molecule has 102 valence electrons. The lowest BCUT2D eigenvalue weighted by atomic mass is 9.87. The zero-order valence-electron chi connectivity index (χ0n) is 10.5. The van der Waals surface area contributed by atoms with Crippen LogP contribution in [0.2, 0.25) is 5.02 Å². The quantitative estimate of drug-likeness (QED) is 0.550. The van der Waals surface area contributed by atoms with E-state index in [-0.39, 0.29) is 11.3 Å². The van der Waals surface area contributed by atoms with Gasteiger partial charge in [-0.3, -0.25) is 4.79 Å². The number of hydrogen-bond acceptors (Lipinski definition) is 1. The highest BCUT2D eigenvalue weighted by Gasteiger charge is 2.51. The molecule has 1 fully saturated rings. The van der Waals surface area contributed by atoms with Gasteiger partial charge in [0.15, 0.2) is 5.78 Å². The number of carbonyl (C=O) groups is 1. The standard InChI is InChI=1S/C16H11BrClFO/c17-12-9-14(19)11(8-13(12)18)15(20)16(6-7-16)10-4-2-1-3-5-10/h1-5,8-9H,6-7H2. The van der Waals surface area contributed by atoms with Gasteiger partial charge in [-0.15, -0.1) is 0 Å². The Morgan fingerprint density at radius 1 is 1.20 bits per heavy atom. The van der Waals surface area contributed by atoms with Crippen molar-refractivity contribution in [3.63, 3.8) is 0 Å². The van der Waals surface area contributed by atoms with Crippen LogP contribution in [0.1, 0.15) is 28.8 Å². The zero-order valence-corrected chi connectivity index (χ0v) is 12.8. The van der Waals surface area contributed by atoms with Crippen LogP contribution in [-0.2, 0) is 5.41 Å². The van der Waals surface area contributed by atoms with Gasteiger partial charge in [-0.25, -0.2) is 4.39 Å². The van der Waals surface area contributed by atoms with Crippen LogP contribution in [0.25, 0.3) is 0 Å². The minimum absolute atomic E-state index is 0.0690. The van der Waals surface area contributed by atoms with Crippen LogP contribution in [0.4, 0.5) is 4.39 Å². The first kappa shape index (κ1) is 13.8. The van der Waals surface area contributed by atoms with E-state index in [2.05, 4.69) is 15.9 Å². The molecule has 2 aromatic rings. The second kappa shape index (κ2) is 4.97. The first-order valence-electron chi connectivity index (χ1n) is 6.29. The van der Waals surface area contributed by atoms with Crippen molar-refractivity contribution in [2.45, 2.75) is 18.3 Å². The Morgan fingerprint density at radius 3 is 2.45 bits per heavy atom. The van der Waals surface area contributed by atoms with E-state index in [4.69, 9.17) is 11.6 Å². The Bertz CT molecular complexity index is 680. The van der Waals surface area contributed by atoms with Crippen molar-refractivity contribution in [1.29, 1.82) is 0 Å². The van der Waals surface area contributed by atoms with E-state index in [9.17, 15) is 9.18 Å². The van der Waals surface area contributed by atoms with Crippen LogP contribution in [0.3, 0.4) is 0 Å². The van der Waals surface area contributed by atoms with E-state index in [0.717, 1.165) is 18.4 Å². The Kier molecular flexibility index (Phi) is 3.43. The second-order valence-electron chi connectivity index (χ2n) is 5.02. The Balaban J connectivity index is 2.04. The van der Waals surface area contributed by atoms with E-state index in [1.807, 2.05) is 30.3 Å². The molecular weight excluding hydrogens is 343 g/mol. The van der Waals surface area contributed by atoms with Gasteiger partial charge in [-0.2, -0.15) is 0 Å². The van der Waals surface area contributed by atoms with E-state index in [1.54, 1.807) is 0 Å². The molecule has 0 bridgehead atoms. The van der Waals surface area contributed by atoms with Gasteiger partial charge in [0.25, 0.3) is 0 Å². The topological polar surface area (TPSA) is 17.1 Å². The van der Waals surface area contributed by atoms with Crippen molar-refractivity contribution in [1.82, 2.24) is 0 Å². The highest BCUT2D eigenvalue weighted by atomic mass is 79.9. The molecule has 0 radical (unpaired) electrons. The van der Waals surface area contributed by atoms with Crippen molar-refractivity contribution in [2.24, 2.45) is 0 Å². The van der Waals surface area contributed by atoms with Gasteiger partial charge >= 0.3 is 0 Å². The molecule has 3 rings (SSSR count). The average Bonchev–Trinajstić information content (AvgIpc) is 3.25. The van der Waals surface area contributed by atoms with Gasteiger partial charge in [0.2, 0.25) is 0 Å². The van der Waals surface area contributed by atoms with E-state index >= 15 is 0 Å². The molecule has 0 spiro atoms. The third-order valence-corrected chi connectivity index (χ3v) is 4.96. The normalized spacial score (nSPS) is 15.9. The first-order chi connectivity index (χ1) is 9.54. The maximum absolute atomic E-state index is 14.0. The van der Waals surface area contributed by atoms with Crippen LogP contribution in [0.15, 0.2) is 46.9 Å². The highest BCUT2D eigenvalue weighted by molar-refractivity contribution is 9.10. The summed E-state index contributed by atoms with van der Waals surface area (Å²) >= 11 is 9.14. The van der Waals surface area contributed by atoms with Gasteiger partial charge in [0.1, 0.15) is 5.82 Å². The molecule has 1 aliphatic carbocycles. The maximum atomic E-state index is 14.0. The predicted octanol–water partition coefficient (Wildman–Crippen LogP) is 5.16. The first-order valence-corrected chi connectivity index (χ1v) is 7.46. The van der Waals surface area contributed by atoms with Crippen molar-refractivity contribution in [2.75, 3.05) is 0 Å². The van der Waals surface area contributed by atoms with Crippen molar-refractivity contribution in [3.8, 4) is 0 Å². The summed E-state index contributed by atoms with van der Waals surface area (Å²) in [7, 11) is 0. The molecule has 4 heteroatoms. The molecule has 0 saturated heterocycles. The van der Waals surface area contributed by atoms with Crippen molar-refractivity contribution >= 4 is 33.3 Å². The van der Waals surface area contributed by atoms with Crippen LogP contribution in [0, 0.1) is 5.82 Å². The van der Waals surface area contributed by atoms with Crippen LogP contribution >= 0.6 is 27.5 Å². The van der Waals surface area contributed by atoms with Crippen LogP contribution in [0.5, 0.6) is 0 Å². The maximum Gasteiger partial charge on any atom is 0.176 e. The Labute approximate surface area is 129 Å². The summed E-state index contributed by atoms with van der Waals surface area (Å²) in [5.41, 5.74) is 0.446. The van der Waals surface area contributed by atoms with Crippen molar-refractivity contribution in [3.05, 3.63) is 68.9 Å². The molecule has 0 heterocycles. The minimum atomic E-state index is -0.570. The molecule has 20 heavy (non-hydrogen) atoms. The molecule has 0 N–H and O–H groups in total. The van der Waals surface area contributed by atoms with E-state index in [0.29, 0.717) is 9.50 Å². The number of rotatable bonds is 3. The molecule has 1 saturated carbocycles. The van der Waals surface area contributed by atoms with Gasteiger partial charge in [0.05, 0.1) is 16.0 Å². The summed E-state index contributed by atoms with van der Waals surface area (Å²) in [5.74, 6) is -0.718. The molecule has 0 aliphatic heterocycles. The largest absolute Gasteiger partial charge is 0.293 e. The molecular formula is C16H11BrClFO. The fourth-order valence-corrected chi connectivity index (χ4v) is 2.96. The smallest absolute Gasteiger partial charge is 0.176 e. The summed E-state index contributed by atoms with van der Waals surface area (Å²) in [4.78, 5) is 12.7. The number of halogens is 3. The van der Waals surface area contributed by atoms with Gasteiger partial charge in [-0.05, 0) is 46.5 Å². The average molecular weight is 354 g/mol. The lowest BCUT2D eigenvalue weighted by Gasteiger charge is -2.15. The number of Topliss-reactive ketones (excluding diaryl/α,β-unsaturated/α-hetero) is 1. The summed E-state index contributed by atoms with van der Waals surface area (Å²) in [6, 6.07) is 12.2. The molecule has 0 amide bonds. The summed E-state index contributed by atoms with van der Waals surface area (Å²) in [6.07, 6.45) is 1.51. The minimum Gasteiger partial charge on any atom is -0.293 e. The number of ketones is 1. The van der Waals surface area contributed by atoms with E-state index < -0.39 is 11.2 Å². The SMILES string of the molecule is O=C(c1cc(Cl)c(Br)cc1F)C1(c2ccccc2)CC1. The fraction of sp³-hybridized carbons (Fsp3) is 0.188. The summed E-state index contributed by atoms with van der Waals surface area (Å²) < 4.78 is 14.5. The van der Waals surface area contributed by atoms with Gasteiger partial charge in [0, 0.05) is 4.47 Å². The molecule has 0 aromatic heterocycles. The molecule has 1 aliphatic rings. The van der Waals surface area contributed by atoms with Crippen LogP contribution in [-0.4, -0.2) is 5.78 Å². The Hall–Kier alpha value is -1.19. The Morgan fingerprint density at radius 2 is 1.85 bits per heavy atom. The number of carbonyl (C=O) groups excluding carboxylic acids is 1. The fourth-order valence-electron chi connectivity index (χ4n) is 2.48. The second-order valence-corrected chi connectivity index (χ2v) is 6.28. The monoisotopic (exact) mass is 352 g/mol. The number of hydrogen-bond donors (Lipinski definition) is 0. The predicted molar refractivity (Wildman–Crippen MR) is 80.8 cm³/mol. The highest BCUT2D eigenvalue weighted by Crippen LogP contribution is 2.51. The lowest BCUT2D eigenvalue weighted by molar-refractivity contribution is 0.0942. The summed E-state index contributed by atoms with van der Waals surface area (Å²) in [5, 5.41) is 0.346. The summed E-state index contributed by atoms with van der Waals surface area (Å²) in [6.45, 7) is 0. The zero-order chi connectivity index (χ0) is 14.3. The molecule has 1 nitrogen and oxygen atoms in total. The number of benzene rings is 2. The molecule has 0 atom stereocenters.